The smallest absolute Gasteiger partial charge is 0.377 e. The molecule has 2 aromatic rings. The van der Waals surface area contributed by atoms with Crippen LogP contribution in [-0.2, 0) is 9.47 Å². The van der Waals surface area contributed by atoms with Crippen molar-refractivity contribution < 1.29 is 28.3 Å². The summed E-state index contributed by atoms with van der Waals surface area (Å²) < 4.78 is 25.4. The first-order valence-corrected chi connectivity index (χ1v) is 37.6. The Morgan fingerprint density at radius 2 is 1.08 bits per heavy atom. The molecule has 0 saturated carbocycles. The van der Waals surface area contributed by atoms with E-state index in [1.54, 1.807) is 10.0 Å². The van der Waals surface area contributed by atoms with Crippen molar-refractivity contribution in [3.8, 4) is 0 Å². The molecule has 4 heterocycles. The number of halogens is 1. The minimum absolute atomic E-state index is 0. The van der Waals surface area contributed by atoms with E-state index in [1.807, 2.05) is 12.5 Å². The third kappa shape index (κ3) is 19.9. The van der Waals surface area contributed by atoms with Gasteiger partial charge in [0.15, 0.2) is 0 Å². The molecular weight excluding hydrogens is 848 g/mol. The molecule has 2 saturated heterocycles. The molecule has 0 amide bonds. The number of hydrogen-bond acceptors (Lipinski definition) is 4. The van der Waals surface area contributed by atoms with Gasteiger partial charge < -0.3 is 16.2 Å². The van der Waals surface area contributed by atoms with Crippen molar-refractivity contribution in [2.75, 3.05) is 26.4 Å². The second-order valence-electron chi connectivity index (χ2n) is 14.5. The number of aromatic nitrogens is 4. The fraction of sp³-hybridized carbons (Fsp3) is 0.825. The molecule has 0 radical (unpaired) electrons. The van der Waals surface area contributed by atoms with E-state index in [9.17, 15) is 0 Å². The maximum atomic E-state index is 6.89. The van der Waals surface area contributed by atoms with Crippen LogP contribution >= 0.6 is 8.92 Å². The number of unbranched alkanes of at least 4 members (excludes halogenated alkanes) is 7. The van der Waals surface area contributed by atoms with Crippen molar-refractivity contribution in [2.45, 2.75) is 177 Å². The van der Waals surface area contributed by atoms with Gasteiger partial charge in [-0.25, -0.2) is 4.98 Å². The van der Waals surface area contributed by atoms with Crippen LogP contribution in [0.15, 0.2) is 31.1 Å². The molecule has 2 aliphatic rings. The van der Waals surface area contributed by atoms with E-state index in [-0.39, 0.29) is 18.9 Å². The van der Waals surface area contributed by atoms with Gasteiger partial charge in [-0.2, -0.15) is 6.42 Å². The van der Waals surface area contributed by atoms with Crippen molar-refractivity contribution >= 4 is 48.4 Å². The van der Waals surface area contributed by atoms with E-state index in [2.05, 4.69) is 81.9 Å². The Balaban J connectivity index is 0.000000731. The first kappa shape index (κ1) is 50.8. The van der Waals surface area contributed by atoms with Gasteiger partial charge in [-0.15, -0.1) is 0 Å². The summed E-state index contributed by atoms with van der Waals surface area (Å²) in [5.41, 5.74) is 0. The molecule has 0 bridgehead atoms. The van der Waals surface area contributed by atoms with E-state index >= 15 is 0 Å². The summed E-state index contributed by atoms with van der Waals surface area (Å²) >= 11 is -4.47. The standard InChI is InChI=1S/C6H8N2O.C6H7N2O.7C4H9.ClH.Li.2Sn/c2*1-2-8(5-7-1)6-3-9-4-6;7*1-3-4-2;;;;/h1-2,5-6H,3-4H2;1-2,6H,3-4H2;7*1,3-4H2,2H3;1H;;;/q;;;;;;;;-1;;+1;;+1/p-1. The van der Waals surface area contributed by atoms with Gasteiger partial charge in [0.05, 0.1) is 25.6 Å². The maximum Gasteiger partial charge on any atom is 1.00 e. The van der Waals surface area contributed by atoms with Crippen molar-refractivity contribution in [1.82, 2.24) is 19.1 Å². The Hall–Kier alpha value is 0.825. The van der Waals surface area contributed by atoms with Crippen molar-refractivity contribution in [1.29, 1.82) is 0 Å². The zero-order chi connectivity index (χ0) is 36.2. The average molecular weight is 927 g/mol. The summed E-state index contributed by atoms with van der Waals surface area (Å²) in [5.74, 6) is 0. The minimum atomic E-state index is -2.37. The Morgan fingerprint density at radius 1 is 0.660 bits per heavy atom. The van der Waals surface area contributed by atoms with Crippen molar-refractivity contribution in [3.63, 3.8) is 0 Å². The molecule has 0 unspecified atom stereocenters. The van der Waals surface area contributed by atoms with Gasteiger partial charge in [0.1, 0.15) is 0 Å². The van der Waals surface area contributed by atoms with Crippen LogP contribution in [0.3, 0.4) is 0 Å². The fourth-order valence-electron chi connectivity index (χ4n) is 6.39. The van der Waals surface area contributed by atoms with E-state index in [1.165, 1.54) is 110 Å². The fourth-order valence-corrected chi connectivity index (χ4v) is 35.8. The van der Waals surface area contributed by atoms with Crippen LogP contribution in [-0.4, -0.2) is 81.2 Å². The van der Waals surface area contributed by atoms with Gasteiger partial charge in [0, 0.05) is 12.4 Å². The predicted octanol–water partition coefficient (Wildman–Crippen LogP) is 9.16. The molecule has 2 aromatic heterocycles. The van der Waals surface area contributed by atoms with Crippen molar-refractivity contribution in [2.24, 2.45) is 0 Å². The Bertz CT molecular complexity index is 960. The number of rotatable bonds is 22. The van der Waals surface area contributed by atoms with E-state index < -0.39 is 35.6 Å². The van der Waals surface area contributed by atoms with Crippen LogP contribution in [0.25, 0.3) is 0 Å². The third-order valence-corrected chi connectivity index (χ3v) is 39.6. The molecule has 0 spiro atoms. The molecule has 6 nitrogen and oxygen atoms in total. The second kappa shape index (κ2) is 32.1. The molecule has 0 atom stereocenters. The van der Waals surface area contributed by atoms with Gasteiger partial charge in [-0.1, -0.05) is 13.3 Å². The zero-order valence-electron chi connectivity index (χ0n) is 34.2. The predicted molar refractivity (Wildman–Crippen MR) is 220 cm³/mol. The average Bonchev–Trinajstić information content (AvgIpc) is 3.78. The number of nitrogens with zero attached hydrogens (tertiary/aromatic N) is 4. The molecule has 0 aliphatic carbocycles. The Kier molecular flexibility index (Phi) is 32.6. The van der Waals surface area contributed by atoms with E-state index in [4.69, 9.17) is 23.4 Å². The van der Waals surface area contributed by atoms with Gasteiger partial charge in [-0.05, 0) is 0 Å². The Labute approximate surface area is 334 Å². The largest absolute Gasteiger partial charge is 1.00 e. The van der Waals surface area contributed by atoms with Crippen LogP contribution in [0.2, 0.25) is 26.6 Å². The van der Waals surface area contributed by atoms with Gasteiger partial charge >= 0.3 is 258 Å². The molecule has 0 aromatic carbocycles. The van der Waals surface area contributed by atoms with Crippen LogP contribution in [0.5, 0.6) is 0 Å². The summed E-state index contributed by atoms with van der Waals surface area (Å²) in [7, 11) is 6.89. The number of imidazole rings is 2. The topological polar surface area (TPSA) is 54.1 Å². The third-order valence-electron chi connectivity index (χ3n) is 10.0. The minimum Gasteiger partial charge on any atom is -0.377 e. The molecule has 4 rings (SSSR count). The zero-order valence-corrected chi connectivity index (χ0v) is 40.7. The summed E-state index contributed by atoms with van der Waals surface area (Å²) in [5, 5.41) is 0. The molecule has 50 heavy (non-hydrogen) atoms. The molecule has 2 fully saturated rings. The van der Waals surface area contributed by atoms with Crippen molar-refractivity contribution in [3.05, 3.63) is 38.0 Å². The first-order valence-electron chi connectivity index (χ1n) is 20.5. The van der Waals surface area contributed by atoms with Crippen LogP contribution in [0, 0.1) is 6.92 Å². The molecule has 10 heteroatoms. The summed E-state index contributed by atoms with van der Waals surface area (Å²) in [6, 6.07) is 1.12. The normalized spacial score (nSPS) is 14.5. The van der Waals surface area contributed by atoms with E-state index in [0.29, 0.717) is 12.1 Å². The van der Waals surface area contributed by atoms with Crippen LogP contribution < -0.4 is 22.7 Å². The van der Waals surface area contributed by atoms with E-state index in [0.717, 1.165) is 32.8 Å². The molecule has 286 valence electrons. The van der Waals surface area contributed by atoms with Gasteiger partial charge in [-0.3, -0.25) is 0 Å². The van der Waals surface area contributed by atoms with Crippen LogP contribution in [0.1, 0.15) is 150 Å². The SMILES string of the molecule is CCC[CH2][Sn]([CH2]CCC)([CH2]CCC)[c]1nccn1C1COC1.CCC[CH2][Sn]([Cl])([CH2]CCC)[CH2]CCC.[CH2-]CCC.[Li+].c1cn(C2COC2)cn1. The quantitative estimate of drug-likeness (QED) is 0.0874. The number of ether oxygens (including phenoxy) is 2. The molecule has 0 N–H and O–H groups in total. The van der Waals surface area contributed by atoms with Crippen LogP contribution in [0.4, 0.5) is 0 Å². The summed E-state index contributed by atoms with van der Waals surface area (Å²) in [6.45, 7) is 23.0. The maximum absolute atomic E-state index is 6.89. The summed E-state index contributed by atoms with van der Waals surface area (Å²) in [6.07, 6.45) is 28.4. The van der Waals surface area contributed by atoms with Gasteiger partial charge in [0.25, 0.3) is 0 Å². The molecular formula is C40H78ClLiN4O2Sn2. The first-order chi connectivity index (χ1) is 23.8. The van der Waals surface area contributed by atoms with Gasteiger partial charge in [0.2, 0.25) is 0 Å². The number of hydrogen-bond donors (Lipinski definition) is 0. The molecule has 2 aliphatic heterocycles. The summed E-state index contributed by atoms with van der Waals surface area (Å²) in [4.78, 5) is 8.88. The Morgan fingerprint density at radius 3 is 1.40 bits per heavy atom. The monoisotopic (exact) mass is 928 g/mol. The second-order valence-corrected chi connectivity index (χ2v) is 43.6.